The molecule has 21 heavy (non-hydrogen) atoms. The quantitative estimate of drug-likeness (QED) is 0.481. The summed E-state index contributed by atoms with van der Waals surface area (Å²) in [5.41, 5.74) is 2.25. The molecule has 0 N–H and O–H groups in total. The van der Waals surface area contributed by atoms with Gasteiger partial charge in [-0.3, -0.25) is 4.79 Å². The molecule has 2 aromatic rings. The van der Waals surface area contributed by atoms with Crippen molar-refractivity contribution in [1.29, 1.82) is 0 Å². The fraction of sp³-hybridized carbons (Fsp3) is 0.111. The molecule has 0 aliphatic carbocycles. The summed E-state index contributed by atoms with van der Waals surface area (Å²) in [5.74, 6) is -0.588. The lowest BCUT2D eigenvalue weighted by atomic mass is 9.96. The third-order valence-electron chi connectivity index (χ3n) is 2.94. The Kier molecular flexibility index (Phi) is 4.89. The molecular weight excluding hydrogens is 262 g/mol. The molecule has 0 aromatic heterocycles. The molecule has 0 radical (unpaired) electrons. The largest absolute Gasteiger partial charge is 0.471 e. The Bertz CT molecular complexity index is 641. The van der Waals surface area contributed by atoms with Gasteiger partial charge in [-0.2, -0.15) is 0 Å². The molecule has 0 heterocycles. The zero-order chi connectivity index (χ0) is 15.1. The maximum atomic E-state index is 12.1. The molecule has 0 aliphatic rings. The third-order valence-corrected chi connectivity index (χ3v) is 2.94. The molecule has 0 unspecified atom stereocenters. The minimum absolute atomic E-state index is 0.00856. The normalized spacial score (nSPS) is 9.52. The van der Waals surface area contributed by atoms with Crippen molar-refractivity contribution in [3.8, 4) is 0 Å². The van der Waals surface area contributed by atoms with E-state index >= 15 is 0 Å². The molecule has 3 heteroatoms. The average molecular weight is 277 g/mol. The number of ether oxygens (including phenoxy) is 1. The van der Waals surface area contributed by atoms with Gasteiger partial charge in [-0.25, -0.2) is 4.85 Å². The molecular formula is C18H15NO2. The molecule has 0 saturated heterocycles. The second kappa shape index (κ2) is 7.06. The minimum atomic E-state index is -0.588. The van der Waals surface area contributed by atoms with Gasteiger partial charge in [0.15, 0.2) is 0 Å². The maximum Gasteiger partial charge on any atom is 0.336 e. The second-order valence-electron chi connectivity index (χ2n) is 4.29. The highest BCUT2D eigenvalue weighted by Gasteiger charge is 2.19. The van der Waals surface area contributed by atoms with Gasteiger partial charge < -0.3 is 4.74 Å². The Morgan fingerprint density at radius 3 is 1.86 bits per heavy atom. The van der Waals surface area contributed by atoms with Crippen molar-refractivity contribution in [2.75, 3.05) is 6.61 Å². The Labute approximate surface area is 124 Å². The summed E-state index contributed by atoms with van der Waals surface area (Å²) in [6, 6.07) is 18.8. The van der Waals surface area contributed by atoms with Gasteiger partial charge in [0.2, 0.25) is 0 Å². The highest BCUT2D eigenvalue weighted by atomic mass is 16.5. The van der Waals surface area contributed by atoms with Crippen LogP contribution in [0.2, 0.25) is 0 Å². The van der Waals surface area contributed by atoms with E-state index in [0.717, 1.165) is 11.1 Å². The fourth-order valence-electron chi connectivity index (χ4n) is 2.05. The highest BCUT2D eigenvalue weighted by Crippen LogP contribution is 2.28. The van der Waals surface area contributed by atoms with Gasteiger partial charge in [-0.15, -0.1) is 0 Å². The zero-order valence-corrected chi connectivity index (χ0v) is 11.7. The maximum absolute atomic E-state index is 12.1. The number of hydrogen-bond donors (Lipinski definition) is 0. The summed E-state index contributed by atoms with van der Waals surface area (Å²) >= 11 is 0. The fourth-order valence-corrected chi connectivity index (χ4v) is 2.05. The molecule has 3 nitrogen and oxygen atoms in total. The number of benzene rings is 2. The first kappa shape index (κ1) is 14.5. The van der Waals surface area contributed by atoms with Gasteiger partial charge in [0.25, 0.3) is 5.70 Å². The van der Waals surface area contributed by atoms with Gasteiger partial charge in [0, 0.05) is 5.57 Å². The SMILES string of the molecule is [C-]#[N+]C(C(=O)OCC)=C(c1ccccc1)c1ccccc1. The summed E-state index contributed by atoms with van der Waals surface area (Å²) in [5, 5.41) is 0. The molecule has 0 fully saturated rings. The summed E-state index contributed by atoms with van der Waals surface area (Å²) < 4.78 is 5.01. The summed E-state index contributed by atoms with van der Waals surface area (Å²) in [4.78, 5) is 15.5. The van der Waals surface area contributed by atoms with E-state index in [9.17, 15) is 4.79 Å². The van der Waals surface area contributed by atoms with Crippen LogP contribution < -0.4 is 0 Å². The highest BCUT2D eigenvalue weighted by molar-refractivity contribution is 6.03. The number of carbonyl (C=O) groups excluding carboxylic acids is 1. The van der Waals surface area contributed by atoms with Crippen LogP contribution in [0.5, 0.6) is 0 Å². The lowest BCUT2D eigenvalue weighted by Gasteiger charge is -2.11. The van der Waals surface area contributed by atoms with Crippen LogP contribution in [-0.2, 0) is 9.53 Å². The third kappa shape index (κ3) is 3.37. The van der Waals surface area contributed by atoms with Crippen LogP contribution in [-0.4, -0.2) is 12.6 Å². The molecule has 0 atom stereocenters. The van der Waals surface area contributed by atoms with Crippen molar-refractivity contribution in [1.82, 2.24) is 0 Å². The molecule has 0 aliphatic heterocycles. The van der Waals surface area contributed by atoms with Crippen molar-refractivity contribution < 1.29 is 9.53 Å². The van der Waals surface area contributed by atoms with E-state index < -0.39 is 5.97 Å². The first-order valence-electron chi connectivity index (χ1n) is 6.67. The summed E-state index contributed by atoms with van der Waals surface area (Å²) in [6.07, 6.45) is 0. The molecule has 2 aromatic carbocycles. The van der Waals surface area contributed by atoms with Gasteiger partial charge in [-0.1, -0.05) is 60.7 Å². The smallest absolute Gasteiger partial charge is 0.336 e. The van der Waals surface area contributed by atoms with Gasteiger partial charge in [0.05, 0.1) is 13.2 Å². The van der Waals surface area contributed by atoms with Crippen molar-refractivity contribution in [3.63, 3.8) is 0 Å². The topological polar surface area (TPSA) is 30.7 Å². The predicted molar refractivity (Wildman–Crippen MR) is 82.1 cm³/mol. The van der Waals surface area contributed by atoms with E-state index in [2.05, 4.69) is 4.85 Å². The van der Waals surface area contributed by atoms with E-state index in [1.54, 1.807) is 6.92 Å². The molecule has 0 bridgehead atoms. The monoisotopic (exact) mass is 277 g/mol. The van der Waals surface area contributed by atoms with Crippen molar-refractivity contribution in [2.24, 2.45) is 0 Å². The van der Waals surface area contributed by atoms with Crippen molar-refractivity contribution >= 4 is 11.5 Å². The van der Waals surface area contributed by atoms with E-state index in [0.29, 0.717) is 5.57 Å². The molecule has 0 amide bonds. The van der Waals surface area contributed by atoms with E-state index in [-0.39, 0.29) is 12.3 Å². The lowest BCUT2D eigenvalue weighted by molar-refractivity contribution is -0.138. The standard InChI is InChI=1S/C18H15NO2/c1-3-21-18(20)17(19-2)16(14-10-6-4-7-11-14)15-12-8-5-9-13-15/h4-13H,3H2,1H3. The first-order valence-corrected chi connectivity index (χ1v) is 6.67. The van der Waals surface area contributed by atoms with E-state index in [1.807, 2.05) is 60.7 Å². The predicted octanol–water partition coefficient (Wildman–Crippen LogP) is 3.93. The first-order chi connectivity index (χ1) is 10.3. The zero-order valence-electron chi connectivity index (χ0n) is 11.7. The number of rotatable bonds is 4. The Balaban J connectivity index is 2.66. The Morgan fingerprint density at radius 1 is 1.00 bits per heavy atom. The number of esters is 1. The van der Waals surface area contributed by atoms with Crippen LogP contribution in [0.4, 0.5) is 0 Å². The van der Waals surface area contributed by atoms with Crippen LogP contribution in [0.1, 0.15) is 18.1 Å². The van der Waals surface area contributed by atoms with Crippen molar-refractivity contribution in [3.05, 3.63) is 88.9 Å². The van der Waals surface area contributed by atoms with Crippen LogP contribution in [0.25, 0.3) is 10.4 Å². The second-order valence-corrected chi connectivity index (χ2v) is 4.29. The van der Waals surface area contributed by atoms with Gasteiger partial charge >= 0.3 is 5.97 Å². The molecule has 104 valence electrons. The molecule has 0 saturated carbocycles. The van der Waals surface area contributed by atoms with E-state index in [4.69, 9.17) is 11.3 Å². The molecule has 2 rings (SSSR count). The summed E-state index contributed by atoms with van der Waals surface area (Å²) in [6.45, 7) is 9.34. The molecule has 0 spiro atoms. The van der Waals surface area contributed by atoms with Crippen LogP contribution >= 0.6 is 0 Å². The van der Waals surface area contributed by atoms with Crippen LogP contribution in [0.15, 0.2) is 66.4 Å². The number of nitrogens with zero attached hydrogens (tertiary/aromatic N) is 1. The van der Waals surface area contributed by atoms with Crippen LogP contribution in [0.3, 0.4) is 0 Å². The summed E-state index contributed by atoms with van der Waals surface area (Å²) in [7, 11) is 0. The number of hydrogen-bond acceptors (Lipinski definition) is 2. The lowest BCUT2D eigenvalue weighted by Crippen LogP contribution is -2.08. The average Bonchev–Trinajstić information content (AvgIpc) is 2.54. The minimum Gasteiger partial charge on any atom is -0.471 e. The van der Waals surface area contributed by atoms with E-state index in [1.165, 1.54) is 0 Å². The van der Waals surface area contributed by atoms with Crippen LogP contribution in [0, 0.1) is 6.57 Å². The number of carbonyl (C=O) groups is 1. The van der Waals surface area contributed by atoms with Crippen molar-refractivity contribution in [2.45, 2.75) is 6.92 Å². The Morgan fingerprint density at radius 2 is 1.48 bits per heavy atom. The van der Waals surface area contributed by atoms with Gasteiger partial charge in [-0.05, 0) is 18.1 Å². The Hall–Kier alpha value is -2.86. The van der Waals surface area contributed by atoms with Gasteiger partial charge in [0.1, 0.15) is 0 Å².